The number of unbranched alkanes of at least 4 members (excludes halogenated alkanes) is 2. The Kier molecular flexibility index (Phi) is 5.25. The van der Waals surface area contributed by atoms with E-state index in [2.05, 4.69) is 5.32 Å². The molecular weight excluding hydrogens is 196 g/mol. The van der Waals surface area contributed by atoms with Crippen LogP contribution in [0.15, 0.2) is 17.5 Å². The molecule has 0 aliphatic carbocycles. The summed E-state index contributed by atoms with van der Waals surface area (Å²) in [5.74, 6) is 0.0350. The van der Waals surface area contributed by atoms with E-state index in [1.54, 1.807) is 0 Å². The lowest BCUT2D eigenvalue weighted by Crippen LogP contribution is -2.23. The maximum Gasteiger partial charge on any atom is 0.261 e. The van der Waals surface area contributed by atoms with Gasteiger partial charge in [-0.15, -0.1) is 11.3 Å². The Morgan fingerprint density at radius 3 is 2.93 bits per heavy atom. The Morgan fingerprint density at radius 2 is 2.29 bits per heavy atom. The van der Waals surface area contributed by atoms with Gasteiger partial charge in [-0.25, -0.2) is 0 Å². The van der Waals surface area contributed by atoms with Crippen LogP contribution in [-0.4, -0.2) is 19.0 Å². The van der Waals surface area contributed by atoms with Crippen LogP contribution in [0.2, 0.25) is 0 Å². The van der Waals surface area contributed by atoms with Crippen LogP contribution in [0, 0.1) is 0 Å². The fourth-order valence-corrected chi connectivity index (χ4v) is 1.78. The minimum Gasteiger partial charge on any atom is -0.351 e. The molecule has 3 N–H and O–H groups in total. The third-order valence-electron chi connectivity index (χ3n) is 1.91. The summed E-state index contributed by atoms with van der Waals surface area (Å²) >= 11 is 1.47. The molecule has 78 valence electrons. The Morgan fingerprint density at radius 1 is 1.43 bits per heavy atom. The third kappa shape index (κ3) is 3.89. The number of carbonyl (C=O) groups is 1. The van der Waals surface area contributed by atoms with Crippen LogP contribution in [0.5, 0.6) is 0 Å². The first kappa shape index (κ1) is 11.2. The zero-order chi connectivity index (χ0) is 10.2. The minimum atomic E-state index is 0.0350. The van der Waals surface area contributed by atoms with E-state index in [1.165, 1.54) is 11.3 Å². The standard InChI is InChI=1S/C10H16N2OS/c11-6-2-1-3-7-12-10(13)9-5-4-8-14-9/h4-5,8H,1-3,6-7,11H2,(H,12,13). The predicted molar refractivity (Wildman–Crippen MR) is 59.6 cm³/mol. The molecule has 0 aliphatic rings. The average Bonchev–Trinajstić information content (AvgIpc) is 2.70. The number of amides is 1. The van der Waals surface area contributed by atoms with Gasteiger partial charge in [-0.05, 0) is 30.8 Å². The smallest absolute Gasteiger partial charge is 0.261 e. The number of nitrogens with two attached hydrogens (primary N) is 1. The fraction of sp³-hybridized carbons (Fsp3) is 0.500. The molecule has 1 aromatic heterocycles. The van der Waals surface area contributed by atoms with Crippen molar-refractivity contribution in [1.29, 1.82) is 0 Å². The SMILES string of the molecule is NCCCCCNC(=O)c1cccs1. The van der Waals surface area contributed by atoms with Gasteiger partial charge in [0.05, 0.1) is 4.88 Å². The lowest BCUT2D eigenvalue weighted by Gasteiger charge is -2.02. The van der Waals surface area contributed by atoms with Crippen molar-refractivity contribution in [2.45, 2.75) is 19.3 Å². The zero-order valence-electron chi connectivity index (χ0n) is 8.16. The lowest BCUT2D eigenvalue weighted by atomic mass is 10.2. The zero-order valence-corrected chi connectivity index (χ0v) is 8.98. The first-order valence-corrected chi connectivity index (χ1v) is 5.74. The van der Waals surface area contributed by atoms with Crippen molar-refractivity contribution >= 4 is 17.2 Å². The second-order valence-electron chi connectivity index (χ2n) is 3.08. The molecule has 0 saturated heterocycles. The molecule has 0 radical (unpaired) electrons. The molecule has 3 nitrogen and oxygen atoms in total. The lowest BCUT2D eigenvalue weighted by molar-refractivity contribution is 0.0957. The first-order chi connectivity index (χ1) is 6.84. The second kappa shape index (κ2) is 6.56. The highest BCUT2D eigenvalue weighted by Gasteiger charge is 2.03. The van der Waals surface area contributed by atoms with E-state index >= 15 is 0 Å². The van der Waals surface area contributed by atoms with Gasteiger partial charge in [-0.1, -0.05) is 12.5 Å². The number of hydrogen-bond acceptors (Lipinski definition) is 3. The summed E-state index contributed by atoms with van der Waals surface area (Å²) in [6.07, 6.45) is 3.13. The van der Waals surface area contributed by atoms with Crippen molar-refractivity contribution in [3.8, 4) is 0 Å². The number of nitrogens with one attached hydrogen (secondary N) is 1. The van der Waals surface area contributed by atoms with Crippen molar-refractivity contribution in [1.82, 2.24) is 5.32 Å². The summed E-state index contributed by atoms with van der Waals surface area (Å²) in [6, 6.07) is 3.72. The van der Waals surface area contributed by atoms with Crippen molar-refractivity contribution in [3.63, 3.8) is 0 Å². The second-order valence-corrected chi connectivity index (χ2v) is 4.03. The summed E-state index contributed by atoms with van der Waals surface area (Å²) in [6.45, 7) is 1.48. The molecule has 0 saturated carbocycles. The van der Waals surface area contributed by atoms with Crippen molar-refractivity contribution in [2.24, 2.45) is 5.73 Å². The van der Waals surface area contributed by atoms with Gasteiger partial charge in [0, 0.05) is 6.54 Å². The van der Waals surface area contributed by atoms with Gasteiger partial charge in [0.1, 0.15) is 0 Å². The normalized spacial score (nSPS) is 10.1. The van der Waals surface area contributed by atoms with Crippen molar-refractivity contribution in [2.75, 3.05) is 13.1 Å². The molecule has 0 spiro atoms. The molecule has 0 aliphatic heterocycles. The monoisotopic (exact) mass is 212 g/mol. The number of hydrogen-bond donors (Lipinski definition) is 2. The molecule has 4 heteroatoms. The third-order valence-corrected chi connectivity index (χ3v) is 2.78. The Bertz CT molecular complexity index is 259. The van der Waals surface area contributed by atoms with Gasteiger partial charge in [-0.2, -0.15) is 0 Å². The van der Waals surface area contributed by atoms with Crippen LogP contribution in [-0.2, 0) is 0 Å². The molecule has 0 aromatic carbocycles. The van der Waals surface area contributed by atoms with Crippen molar-refractivity contribution in [3.05, 3.63) is 22.4 Å². The van der Waals surface area contributed by atoms with E-state index < -0.39 is 0 Å². The van der Waals surface area contributed by atoms with E-state index in [9.17, 15) is 4.79 Å². The maximum absolute atomic E-state index is 11.4. The Labute approximate surface area is 88.3 Å². The van der Waals surface area contributed by atoms with Gasteiger partial charge in [0.2, 0.25) is 0 Å². The number of rotatable bonds is 6. The highest BCUT2D eigenvalue weighted by Crippen LogP contribution is 2.07. The maximum atomic E-state index is 11.4. The summed E-state index contributed by atoms with van der Waals surface area (Å²) in [4.78, 5) is 12.2. The van der Waals surface area contributed by atoms with Gasteiger partial charge in [0.25, 0.3) is 5.91 Å². The summed E-state index contributed by atoms with van der Waals surface area (Å²) < 4.78 is 0. The summed E-state index contributed by atoms with van der Waals surface area (Å²) in [7, 11) is 0. The van der Waals surface area contributed by atoms with Gasteiger partial charge >= 0.3 is 0 Å². The van der Waals surface area contributed by atoms with Crippen molar-refractivity contribution < 1.29 is 4.79 Å². The minimum absolute atomic E-state index is 0.0350. The van der Waals surface area contributed by atoms with Gasteiger partial charge in [-0.3, -0.25) is 4.79 Å². The van der Waals surface area contributed by atoms with Crippen LogP contribution in [0.1, 0.15) is 28.9 Å². The number of thiophene rings is 1. The molecule has 0 bridgehead atoms. The average molecular weight is 212 g/mol. The molecule has 1 heterocycles. The highest BCUT2D eigenvalue weighted by molar-refractivity contribution is 7.12. The van der Waals surface area contributed by atoms with E-state index in [4.69, 9.17) is 5.73 Å². The van der Waals surface area contributed by atoms with Gasteiger partial charge < -0.3 is 11.1 Å². The molecule has 14 heavy (non-hydrogen) atoms. The quantitative estimate of drug-likeness (QED) is 0.704. The molecule has 0 unspecified atom stereocenters. The molecule has 0 fully saturated rings. The van der Waals surface area contributed by atoms with E-state index in [0.717, 1.165) is 37.2 Å². The van der Waals surface area contributed by atoms with Crippen LogP contribution in [0.3, 0.4) is 0 Å². The predicted octanol–water partition coefficient (Wildman–Crippen LogP) is 1.61. The molecular formula is C10H16N2OS. The Hall–Kier alpha value is -0.870. The first-order valence-electron chi connectivity index (χ1n) is 4.86. The van der Waals surface area contributed by atoms with Crippen LogP contribution in [0.25, 0.3) is 0 Å². The molecule has 0 atom stereocenters. The van der Waals surface area contributed by atoms with E-state index in [-0.39, 0.29) is 5.91 Å². The summed E-state index contributed by atoms with van der Waals surface area (Å²) in [5.41, 5.74) is 5.36. The molecule has 1 aromatic rings. The Balaban J connectivity index is 2.10. The van der Waals surface area contributed by atoms with Crippen LogP contribution in [0.4, 0.5) is 0 Å². The van der Waals surface area contributed by atoms with Gasteiger partial charge in [0.15, 0.2) is 0 Å². The highest BCUT2D eigenvalue weighted by atomic mass is 32.1. The largest absolute Gasteiger partial charge is 0.351 e. The molecule has 1 amide bonds. The summed E-state index contributed by atoms with van der Waals surface area (Å²) in [5, 5.41) is 4.78. The fourth-order valence-electron chi connectivity index (χ4n) is 1.14. The van der Waals surface area contributed by atoms with E-state index in [0.29, 0.717) is 0 Å². The van der Waals surface area contributed by atoms with Crippen LogP contribution >= 0.6 is 11.3 Å². The van der Waals surface area contributed by atoms with E-state index in [1.807, 2.05) is 17.5 Å². The number of carbonyl (C=O) groups excluding carboxylic acids is 1. The topological polar surface area (TPSA) is 55.1 Å². The molecule has 1 rings (SSSR count). The van der Waals surface area contributed by atoms with Crippen LogP contribution < -0.4 is 11.1 Å².